The zero-order valence-corrected chi connectivity index (χ0v) is 7.44. The van der Waals surface area contributed by atoms with Crippen molar-refractivity contribution in [1.82, 2.24) is 9.78 Å². The Balaban J connectivity index is 3.17. The van der Waals surface area contributed by atoms with Gasteiger partial charge < -0.3 is 11.1 Å². The maximum atomic E-state index is 5.59. The lowest BCUT2D eigenvalue weighted by Crippen LogP contribution is -1.97. The third-order valence-electron chi connectivity index (χ3n) is 1.27. The molecular formula is C5H9BrN4. The Morgan fingerprint density at radius 3 is 2.50 bits per heavy atom. The van der Waals surface area contributed by atoms with Gasteiger partial charge in [-0.05, 0) is 15.9 Å². The van der Waals surface area contributed by atoms with Gasteiger partial charge in [0.15, 0.2) is 5.82 Å². The van der Waals surface area contributed by atoms with E-state index in [1.807, 2.05) is 0 Å². The van der Waals surface area contributed by atoms with Crippen LogP contribution >= 0.6 is 15.9 Å². The van der Waals surface area contributed by atoms with Gasteiger partial charge in [0.05, 0.1) is 0 Å². The number of hydrogen-bond donors (Lipinski definition) is 2. The van der Waals surface area contributed by atoms with Crippen molar-refractivity contribution in [2.75, 3.05) is 18.1 Å². The number of nitrogens with zero attached hydrogens (tertiary/aromatic N) is 2. The highest BCUT2D eigenvalue weighted by molar-refractivity contribution is 9.10. The first-order valence-electron chi connectivity index (χ1n) is 2.82. The van der Waals surface area contributed by atoms with Gasteiger partial charge in [-0.2, -0.15) is 5.10 Å². The zero-order chi connectivity index (χ0) is 7.72. The van der Waals surface area contributed by atoms with E-state index in [2.05, 4.69) is 26.3 Å². The molecule has 0 aromatic carbocycles. The van der Waals surface area contributed by atoms with Crippen molar-refractivity contribution in [3.05, 3.63) is 4.47 Å². The van der Waals surface area contributed by atoms with Crippen molar-refractivity contribution < 1.29 is 0 Å². The SMILES string of the molecule is CNc1nn(C)c(N)c1Br. The Labute approximate surface area is 67.5 Å². The van der Waals surface area contributed by atoms with Crippen LogP contribution in [-0.2, 0) is 7.05 Å². The second-order valence-corrected chi connectivity index (χ2v) is 2.71. The summed E-state index contributed by atoms with van der Waals surface area (Å²) >= 11 is 3.29. The van der Waals surface area contributed by atoms with Gasteiger partial charge in [0, 0.05) is 14.1 Å². The summed E-state index contributed by atoms with van der Waals surface area (Å²) in [5.74, 6) is 1.39. The number of aromatic nitrogens is 2. The second-order valence-electron chi connectivity index (χ2n) is 1.92. The molecule has 56 valence electrons. The van der Waals surface area contributed by atoms with Gasteiger partial charge in [-0.3, -0.25) is 0 Å². The monoisotopic (exact) mass is 204 g/mol. The topological polar surface area (TPSA) is 55.9 Å². The molecule has 1 aromatic heterocycles. The lowest BCUT2D eigenvalue weighted by Gasteiger charge is -1.90. The number of aryl methyl sites for hydroxylation is 1. The van der Waals surface area contributed by atoms with Crippen molar-refractivity contribution in [3.8, 4) is 0 Å². The van der Waals surface area contributed by atoms with Crippen LogP contribution in [0, 0.1) is 0 Å². The fraction of sp³-hybridized carbons (Fsp3) is 0.400. The Kier molecular flexibility index (Phi) is 1.85. The highest BCUT2D eigenvalue weighted by atomic mass is 79.9. The third-order valence-corrected chi connectivity index (χ3v) is 2.05. The van der Waals surface area contributed by atoms with E-state index in [-0.39, 0.29) is 0 Å². The summed E-state index contributed by atoms with van der Waals surface area (Å²) in [6, 6.07) is 0. The fourth-order valence-electron chi connectivity index (χ4n) is 0.671. The van der Waals surface area contributed by atoms with Crippen molar-refractivity contribution in [2.45, 2.75) is 0 Å². The van der Waals surface area contributed by atoms with E-state index in [9.17, 15) is 0 Å². The summed E-state index contributed by atoms with van der Waals surface area (Å²) < 4.78 is 2.42. The highest BCUT2D eigenvalue weighted by Crippen LogP contribution is 2.26. The summed E-state index contributed by atoms with van der Waals surface area (Å²) in [7, 11) is 3.59. The molecule has 1 aromatic rings. The molecule has 4 nitrogen and oxygen atoms in total. The molecular weight excluding hydrogens is 196 g/mol. The summed E-state index contributed by atoms with van der Waals surface area (Å²) in [4.78, 5) is 0. The summed E-state index contributed by atoms with van der Waals surface area (Å²) in [5, 5.41) is 6.96. The van der Waals surface area contributed by atoms with Gasteiger partial charge >= 0.3 is 0 Å². The molecule has 0 saturated carbocycles. The van der Waals surface area contributed by atoms with E-state index in [0.717, 1.165) is 10.3 Å². The van der Waals surface area contributed by atoms with Gasteiger partial charge in [-0.25, -0.2) is 4.68 Å². The molecule has 0 aliphatic heterocycles. The van der Waals surface area contributed by atoms with Crippen LogP contribution in [-0.4, -0.2) is 16.8 Å². The van der Waals surface area contributed by atoms with E-state index >= 15 is 0 Å². The molecule has 0 aliphatic rings. The smallest absolute Gasteiger partial charge is 0.164 e. The van der Waals surface area contributed by atoms with Crippen LogP contribution in [0.4, 0.5) is 11.6 Å². The summed E-state index contributed by atoms with van der Waals surface area (Å²) in [5.41, 5.74) is 5.59. The van der Waals surface area contributed by atoms with Crippen LogP contribution in [0.1, 0.15) is 0 Å². The molecule has 0 aliphatic carbocycles. The molecule has 0 amide bonds. The first-order chi connectivity index (χ1) is 4.66. The number of hydrogen-bond acceptors (Lipinski definition) is 3. The number of nitrogen functional groups attached to an aromatic ring is 1. The van der Waals surface area contributed by atoms with Crippen molar-refractivity contribution >= 4 is 27.6 Å². The van der Waals surface area contributed by atoms with Gasteiger partial charge in [0.25, 0.3) is 0 Å². The lowest BCUT2D eigenvalue weighted by atomic mass is 10.6. The summed E-state index contributed by atoms with van der Waals surface area (Å²) in [6.45, 7) is 0. The van der Waals surface area contributed by atoms with E-state index in [0.29, 0.717) is 5.82 Å². The molecule has 3 N–H and O–H groups in total. The zero-order valence-electron chi connectivity index (χ0n) is 5.85. The van der Waals surface area contributed by atoms with Gasteiger partial charge in [0.1, 0.15) is 10.3 Å². The lowest BCUT2D eigenvalue weighted by molar-refractivity contribution is 0.781. The normalized spacial score (nSPS) is 9.90. The average molecular weight is 205 g/mol. The number of nitrogens with two attached hydrogens (primary N) is 1. The highest BCUT2D eigenvalue weighted by Gasteiger charge is 2.07. The predicted molar refractivity (Wildman–Crippen MR) is 44.9 cm³/mol. The first-order valence-corrected chi connectivity index (χ1v) is 3.62. The second kappa shape index (κ2) is 2.49. The van der Waals surface area contributed by atoms with Crippen molar-refractivity contribution in [1.29, 1.82) is 0 Å². The predicted octanol–water partition coefficient (Wildman–Crippen LogP) is 0.806. The first kappa shape index (κ1) is 7.40. The van der Waals surface area contributed by atoms with Crippen LogP contribution in [0.25, 0.3) is 0 Å². The maximum absolute atomic E-state index is 5.59. The molecule has 0 fully saturated rings. The molecule has 10 heavy (non-hydrogen) atoms. The van der Waals surface area contributed by atoms with Crippen LogP contribution in [0.3, 0.4) is 0 Å². The van der Waals surface area contributed by atoms with Gasteiger partial charge in [-0.1, -0.05) is 0 Å². The molecule has 0 radical (unpaired) electrons. The Hall–Kier alpha value is -0.710. The maximum Gasteiger partial charge on any atom is 0.164 e. The summed E-state index contributed by atoms with van der Waals surface area (Å²) in [6.07, 6.45) is 0. The molecule has 0 atom stereocenters. The quantitative estimate of drug-likeness (QED) is 0.713. The molecule has 0 saturated heterocycles. The molecule has 0 unspecified atom stereocenters. The van der Waals surface area contributed by atoms with Crippen molar-refractivity contribution in [2.24, 2.45) is 7.05 Å². The fourth-order valence-corrected chi connectivity index (χ4v) is 1.21. The number of rotatable bonds is 1. The minimum Gasteiger partial charge on any atom is -0.383 e. The van der Waals surface area contributed by atoms with Crippen LogP contribution < -0.4 is 11.1 Å². The molecule has 1 heterocycles. The Morgan fingerprint density at radius 1 is 1.70 bits per heavy atom. The average Bonchev–Trinajstić information content (AvgIpc) is 2.17. The van der Waals surface area contributed by atoms with E-state index in [1.54, 1.807) is 18.8 Å². The van der Waals surface area contributed by atoms with Crippen LogP contribution in [0.2, 0.25) is 0 Å². The van der Waals surface area contributed by atoms with Crippen LogP contribution in [0.15, 0.2) is 4.47 Å². The number of nitrogens with one attached hydrogen (secondary N) is 1. The van der Waals surface area contributed by atoms with E-state index in [1.165, 1.54) is 0 Å². The minimum absolute atomic E-state index is 0.629. The molecule has 5 heteroatoms. The molecule has 0 spiro atoms. The Bertz CT molecular complexity index is 242. The largest absolute Gasteiger partial charge is 0.383 e. The standard InChI is InChI=1S/C5H9BrN4/c1-8-5-3(6)4(7)10(2)9-5/h7H2,1-2H3,(H,8,9). The number of halogens is 1. The van der Waals surface area contributed by atoms with Gasteiger partial charge in [-0.15, -0.1) is 0 Å². The van der Waals surface area contributed by atoms with Gasteiger partial charge in [0.2, 0.25) is 0 Å². The Morgan fingerprint density at radius 2 is 2.30 bits per heavy atom. The molecule has 1 rings (SSSR count). The van der Waals surface area contributed by atoms with Crippen LogP contribution in [0.5, 0.6) is 0 Å². The number of anilines is 2. The third kappa shape index (κ3) is 0.965. The minimum atomic E-state index is 0.629. The van der Waals surface area contributed by atoms with Crippen molar-refractivity contribution in [3.63, 3.8) is 0 Å². The van der Waals surface area contributed by atoms with E-state index < -0.39 is 0 Å². The van der Waals surface area contributed by atoms with E-state index in [4.69, 9.17) is 5.73 Å². The molecule has 0 bridgehead atoms.